The Balaban J connectivity index is 1.68. The fourth-order valence-electron chi connectivity index (χ4n) is 3.78. The van der Waals surface area contributed by atoms with E-state index in [9.17, 15) is 14.7 Å². The Labute approximate surface area is 153 Å². The molecule has 0 aromatic heterocycles. The van der Waals surface area contributed by atoms with E-state index < -0.39 is 24.0 Å². The lowest BCUT2D eigenvalue weighted by atomic mass is 9.78. The van der Waals surface area contributed by atoms with Crippen LogP contribution in [0.2, 0.25) is 0 Å². The first-order valence-corrected chi connectivity index (χ1v) is 9.26. The van der Waals surface area contributed by atoms with Crippen molar-refractivity contribution in [2.45, 2.75) is 37.1 Å². The van der Waals surface area contributed by atoms with Crippen LogP contribution in [0.1, 0.15) is 31.2 Å². The number of nitrogens with zero attached hydrogens (tertiary/aromatic N) is 1. The summed E-state index contributed by atoms with van der Waals surface area (Å²) in [6, 6.07) is 8.75. The van der Waals surface area contributed by atoms with Crippen molar-refractivity contribution in [1.82, 2.24) is 15.8 Å². The molecule has 1 aromatic rings. The van der Waals surface area contributed by atoms with Crippen LogP contribution in [0.3, 0.4) is 0 Å². The molecule has 2 amide bonds. The van der Waals surface area contributed by atoms with E-state index in [4.69, 9.17) is 4.74 Å². The second kappa shape index (κ2) is 8.62. The van der Waals surface area contributed by atoms with Crippen LogP contribution in [0.4, 0.5) is 0 Å². The number of ether oxygens (including phenoxy) is 1. The zero-order valence-corrected chi connectivity index (χ0v) is 14.9. The number of morpholine rings is 1. The number of amides is 2. The molecule has 7 heteroatoms. The molecule has 1 atom stereocenters. The van der Waals surface area contributed by atoms with Gasteiger partial charge in [-0.3, -0.25) is 15.0 Å². The Bertz CT molecular complexity index is 610. The highest BCUT2D eigenvalue weighted by Gasteiger charge is 2.43. The predicted octanol–water partition coefficient (Wildman–Crippen LogP) is 0.339. The summed E-state index contributed by atoms with van der Waals surface area (Å²) in [4.78, 5) is 25.6. The molecule has 1 aliphatic carbocycles. The number of aliphatic hydroxyl groups is 1. The zero-order valence-electron chi connectivity index (χ0n) is 14.9. The van der Waals surface area contributed by atoms with Gasteiger partial charge in [0.15, 0.2) is 0 Å². The summed E-state index contributed by atoms with van der Waals surface area (Å²) in [7, 11) is 0. The third kappa shape index (κ3) is 4.06. The molecular formula is C19H27N3O4. The lowest BCUT2D eigenvalue weighted by Crippen LogP contribution is -2.58. The monoisotopic (exact) mass is 361 g/mol. The smallest absolute Gasteiger partial charge is 0.259 e. The topological polar surface area (TPSA) is 90.9 Å². The first-order valence-electron chi connectivity index (χ1n) is 9.26. The van der Waals surface area contributed by atoms with Crippen molar-refractivity contribution in [1.29, 1.82) is 0 Å². The van der Waals surface area contributed by atoms with Gasteiger partial charge in [0.1, 0.15) is 6.04 Å². The van der Waals surface area contributed by atoms with E-state index in [-0.39, 0.29) is 5.91 Å². The highest BCUT2D eigenvalue weighted by Crippen LogP contribution is 2.41. The quantitative estimate of drug-likeness (QED) is 0.680. The Morgan fingerprint density at radius 2 is 1.81 bits per heavy atom. The van der Waals surface area contributed by atoms with Crippen LogP contribution in [-0.4, -0.2) is 60.9 Å². The van der Waals surface area contributed by atoms with Gasteiger partial charge in [-0.1, -0.05) is 43.2 Å². The number of nitrogens with one attached hydrogen (secondary N) is 2. The Kier molecular flexibility index (Phi) is 6.24. The molecule has 0 radical (unpaired) electrons. The molecule has 1 aliphatic heterocycles. The molecule has 1 saturated heterocycles. The van der Waals surface area contributed by atoms with E-state index in [1.54, 1.807) is 5.01 Å². The molecule has 1 saturated carbocycles. The number of benzene rings is 1. The molecular weight excluding hydrogens is 334 g/mol. The van der Waals surface area contributed by atoms with Crippen molar-refractivity contribution in [3.63, 3.8) is 0 Å². The van der Waals surface area contributed by atoms with Crippen LogP contribution in [0.15, 0.2) is 30.3 Å². The van der Waals surface area contributed by atoms with Crippen LogP contribution < -0.4 is 10.7 Å². The lowest BCUT2D eigenvalue weighted by molar-refractivity contribution is -0.136. The van der Waals surface area contributed by atoms with Gasteiger partial charge in [-0.15, -0.1) is 0 Å². The van der Waals surface area contributed by atoms with Gasteiger partial charge in [-0.05, 0) is 18.4 Å². The highest BCUT2D eigenvalue weighted by molar-refractivity contribution is 5.93. The van der Waals surface area contributed by atoms with Crippen LogP contribution in [0, 0.1) is 0 Å². The first kappa shape index (κ1) is 18.8. The van der Waals surface area contributed by atoms with E-state index in [0.717, 1.165) is 31.2 Å². The van der Waals surface area contributed by atoms with E-state index >= 15 is 0 Å². The SMILES string of the molecule is O=C(NN1CCOCC1)[C@H](CO)NC(=O)C1(c2ccccc2)CCCC1. The Morgan fingerprint density at radius 1 is 1.15 bits per heavy atom. The zero-order chi connectivity index (χ0) is 18.4. The maximum absolute atomic E-state index is 13.1. The van der Waals surface area contributed by atoms with E-state index in [0.29, 0.717) is 26.3 Å². The molecule has 0 bridgehead atoms. The summed E-state index contributed by atoms with van der Waals surface area (Å²) in [5.41, 5.74) is 3.11. The number of hydrogen-bond acceptors (Lipinski definition) is 5. The van der Waals surface area contributed by atoms with Gasteiger partial charge >= 0.3 is 0 Å². The van der Waals surface area contributed by atoms with Gasteiger partial charge in [0.05, 0.1) is 25.2 Å². The molecule has 0 unspecified atom stereocenters. The van der Waals surface area contributed by atoms with Gasteiger partial charge in [-0.2, -0.15) is 0 Å². The number of carbonyl (C=O) groups is 2. The number of carbonyl (C=O) groups excluding carboxylic acids is 2. The summed E-state index contributed by atoms with van der Waals surface area (Å²) in [5, 5.41) is 14.2. The van der Waals surface area contributed by atoms with Crippen LogP contribution in [-0.2, 0) is 19.7 Å². The van der Waals surface area contributed by atoms with Gasteiger partial charge in [-0.25, -0.2) is 5.01 Å². The second-order valence-corrected chi connectivity index (χ2v) is 6.94. The van der Waals surface area contributed by atoms with Crippen molar-refractivity contribution >= 4 is 11.8 Å². The number of aliphatic hydroxyl groups excluding tert-OH is 1. The minimum atomic E-state index is -0.966. The van der Waals surface area contributed by atoms with E-state index in [2.05, 4.69) is 10.7 Å². The van der Waals surface area contributed by atoms with Crippen molar-refractivity contribution in [3.05, 3.63) is 35.9 Å². The van der Waals surface area contributed by atoms with Crippen molar-refractivity contribution in [2.75, 3.05) is 32.9 Å². The maximum atomic E-state index is 13.1. The third-order valence-electron chi connectivity index (χ3n) is 5.30. The summed E-state index contributed by atoms with van der Waals surface area (Å²) < 4.78 is 5.25. The molecule has 7 nitrogen and oxygen atoms in total. The third-order valence-corrected chi connectivity index (χ3v) is 5.30. The summed E-state index contributed by atoms with van der Waals surface area (Å²) in [6.45, 7) is 1.84. The molecule has 0 spiro atoms. The lowest BCUT2D eigenvalue weighted by Gasteiger charge is -2.32. The summed E-state index contributed by atoms with van der Waals surface area (Å²) in [5.74, 6) is -0.582. The van der Waals surface area contributed by atoms with E-state index in [1.165, 1.54) is 0 Å². The molecule has 3 N–H and O–H groups in total. The van der Waals surface area contributed by atoms with Crippen molar-refractivity contribution in [2.24, 2.45) is 0 Å². The molecule has 142 valence electrons. The molecule has 2 fully saturated rings. The summed E-state index contributed by atoms with van der Waals surface area (Å²) in [6.07, 6.45) is 3.47. The Morgan fingerprint density at radius 3 is 2.42 bits per heavy atom. The minimum absolute atomic E-state index is 0.183. The average Bonchev–Trinajstić information content (AvgIpc) is 3.18. The predicted molar refractivity (Wildman–Crippen MR) is 96.1 cm³/mol. The number of hydrazine groups is 1. The van der Waals surface area contributed by atoms with Gasteiger partial charge in [0.2, 0.25) is 5.91 Å². The average molecular weight is 361 g/mol. The molecule has 2 aliphatic rings. The minimum Gasteiger partial charge on any atom is -0.394 e. The fraction of sp³-hybridized carbons (Fsp3) is 0.579. The van der Waals surface area contributed by atoms with Crippen molar-refractivity contribution < 1.29 is 19.4 Å². The molecule has 1 heterocycles. The summed E-state index contributed by atoms with van der Waals surface area (Å²) >= 11 is 0. The maximum Gasteiger partial charge on any atom is 0.259 e. The first-order chi connectivity index (χ1) is 12.7. The largest absolute Gasteiger partial charge is 0.394 e. The second-order valence-electron chi connectivity index (χ2n) is 6.94. The standard InChI is InChI=1S/C19H27N3O4/c23-14-16(17(24)21-22-10-12-26-13-11-22)20-18(25)19(8-4-5-9-19)15-6-2-1-3-7-15/h1-3,6-7,16,23H,4-5,8-14H2,(H,20,25)(H,21,24)/t16-/m0/s1. The fourth-order valence-corrected chi connectivity index (χ4v) is 3.78. The Hall–Kier alpha value is -1.96. The number of hydrogen-bond donors (Lipinski definition) is 3. The normalized spacial score (nSPS) is 21.1. The van der Waals surface area contributed by atoms with Gasteiger partial charge in [0, 0.05) is 13.1 Å². The van der Waals surface area contributed by atoms with E-state index in [1.807, 2.05) is 30.3 Å². The van der Waals surface area contributed by atoms with Crippen LogP contribution in [0.5, 0.6) is 0 Å². The van der Waals surface area contributed by atoms with Crippen LogP contribution >= 0.6 is 0 Å². The molecule has 1 aromatic carbocycles. The van der Waals surface area contributed by atoms with Crippen molar-refractivity contribution in [3.8, 4) is 0 Å². The highest BCUT2D eigenvalue weighted by atomic mass is 16.5. The molecule has 3 rings (SSSR count). The number of rotatable bonds is 6. The molecule has 26 heavy (non-hydrogen) atoms. The van der Waals surface area contributed by atoms with Crippen LogP contribution in [0.25, 0.3) is 0 Å². The van der Waals surface area contributed by atoms with Gasteiger partial charge < -0.3 is 15.2 Å². The van der Waals surface area contributed by atoms with Gasteiger partial charge in [0.25, 0.3) is 5.91 Å².